The molecule has 146 valence electrons. The van der Waals surface area contributed by atoms with E-state index in [2.05, 4.69) is 0 Å². The molecule has 0 aliphatic carbocycles. The van der Waals surface area contributed by atoms with Gasteiger partial charge in [0, 0.05) is 0 Å². The number of carbonyl (C=O) groups is 1. The van der Waals surface area contributed by atoms with Crippen LogP contribution >= 0.6 is 7.94 Å². The van der Waals surface area contributed by atoms with Crippen molar-refractivity contribution in [1.29, 1.82) is 0 Å². The van der Waals surface area contributed by atoms with E-state index in [1.165, 1.54) is 13.8 Å². The van der Waals surface area contributed by atoms with E-state index in [1.54, 1.807) is 20.8 Å². The molecule has 0 aromatic heterocycles. The molecule has 0 N–H and O–H groups in total. The number of halogens is 2. The highest BCUT2D eigenvalue weighted by Gasteiger charge is 2.66. The molecule has 0 radical (unpaired) electrons. The molecule has 2 aliphatic rings. The van der Waals surface area contributed by atoms with Gasteiger partial charge in [0.1, 0.15) is 24.7 Å². The van der Waals surface area contributed by atoms with Crippen LogP contribution < -0.4 is 14.7 Å². The first-order chi connectivity index (χ1) is 11.1. The number of rotatable bonds is 4. The Labute approximate surface area is 144 Å². The molecular formula is C14H21F2O8P-2. The largest absolute Gasteiger partial charge is 0.683 e. The van der Waals surface area contributed by atoms with Gasteiger partial charge in [0.15, 0.2) is 12.1 Å². The smallest absolute Gasteiger partial charge is 0.345 e. The Morgan fingerprint density at radius 3 is 2.24 bits per heavy atom. The zero-order valence-electron chi connectivity index (χ0n) is 14.5. The lowest BCUT2D eigenvalue weighted by molar-refractivity contribution is -0.450. The summed E-state index contributed by atoms with van der Waals surface area (Å²) in [4.78, 5) is 45.1. The number of carbonyl (C=O) groups excluding carboxylic acids is 1. The van der Waals surface area contributed by atoms with Gasteiger partial charge in [-0.1, -0.05) is 7.94 Å². The van der Waals surface area contributed by atoms with E-state index in [1.807, 2.05) is 0 Å². The average molecular weight is 386 g/mol. The minimum absolute atomic E-state index is 0.656. The van der Waals surface area contributed by atoms with Crippen molar-refractivity contribution in [1.82, 2.24) is 0 Å². The van der Waals surface area contributed by atoms with E-state index in [0.29, 0.717) is 0 Å². The fourth-order valence-corrected chi connectivity index (χ4v) is 3.37. The van der Waals surface area contributed by atoms with Gasteiger partial charge in [0.25, 0.3) is 0 Å². The van der Waals surface area contributed by atoms with Gasteiger partial charge in [0.05, 0.1) is 5.41 Å². The summed E-state index contributed by atoms with van der Waals surface area (Å²) in [5, 5.41) is 0. The summed E-state index contributed by atoms with van der Waals surface area (Å²) in [6.07, 6.45) is -4.35. The van der Waals surface area contributed by atoms with Gasteiger partial charge in [-0.15, -0.1) is 0 Å². The summed E-state index contributed by atoms with van der Waals surface area (Å²) in [7, 11) is -6.32. The molecule has 2 fully saturated rings. The summed E-state index contributed by atoms with van der Waals surface area (Å²) in [5.74, 6) is -4.13. The third-order valence-electron chi connectivity index (χ3n) is 3.91. The molecule has 0 amide bonds. The highest BCUT2D eigenvalue weighted by atomic mass is 31.2. The van der Waals surface area contributed by atoms with E-state index in [4.69, 9.17) is 18.9 Å². The highest BCUT2D eigenvalue weighted by Crippen LogP contribution is 2.59. The van der Waals surface area contributed by atoms with Crippen molar-refractivity contribution in [2.75, 3.05) is 6.61 Å². The Morgan fingerprint density at radius 2 is 1.76 bits per heavy atom. The molecule has 11 heteroatoms. The van der Waals surface area contributed by atoms with Gasteiger partial charge in [-0.25, -0.2) is 0 Å². The second-order valence-corrected chi connectivity index (χ2v) is 9.19. The molecule has 25 heavy (non-hydrogen) atoms. The topological polar surface area (TPSA) is 123 Å². The predicted octanol–water partition coefficient (Wildman–Crippen LogP) is -0.495. The first-order valence-corrected chi connectivity index (χ1v) is 9.19. The van der Waals surface area contributed by atoms with Crippen LogP contribution in [0.15, 0.2) is 0 Å². The standard InChI is InChI=1S/C14H23F2O8P/c1-12(2,3)11(17)21-6-7-8(14(15,16)25(18,19)20)9-10(22-7)24-13(4,5)23-9/h7-10H,6H2,1-5H3,(H2,18,19,20)/p-2/t7-,8-,9-,10-/m1/s1. The second-order valence-electron chi connectivity index (χ2n) is 7.60. The van der Waals surface area contributed by atoms with Gasteiger partial charge >= 0.3 is 11.6 Å². The van der Waals surface area contributed by atoms with Crippen molar-refractivity contribution in [2.45, 2.75) is 64.6 Å². The van der Waals surface area contributed by atoms with Gasteiger partial charge in [-0.05, 0) is 34.6 Å². The van der Waals surface area contributed by atoms with E-state index < -0.39 is 61.8 Å². The van der Waals surface area contributed by atoms with Gasteiger partial charge < -0.3 is 33.6 Å². The zero-order valence-corrected chi connectivity index (χ0v) is 15.4. The van der Waals surface area contributed by atoms with Crippen LogP contribution in [0.2, 0.25) is 0 Å². The van der Waals surface area contributed by atoms with Crippen LogP contribution in [0, 0.1) is 11.3 Å². The SMILES string of the molecule is CC1(C)O[C@H]2O[C@H](COC(=O)C(C)(C)C)[C@@H](C(F)(F)[P+]([O-])([O-])[O-])[C@H]2O1. The molecule has 0 aromatic rings. The quantitative estimate of drug-likeness (QED) is 0.468. The number of hydrogen-bond acceptors (Lipinski definition) is 8. The van der Waals surface area contributed by atoms with Crippen molar-refractivity contribution in [3.8, 4) is 0 Å². The van der Waals surface area contributed by atoms with Crippen molar-refractivity contribution >= 4 is 13.9 Å². The van der Waals surface area contributed by atoms with Crippen molar-refractivity contribution in [2.24, 2.45) is 11.3 Å². The molecule has 4 atom stereocenters. The van der Waals surface area contributed by atoms with Crippen molar-refractivity contribution in [3.63, 3.8) is 0 Å². The van der Waals surface area contributed by atoms with Crippen LogP contribution in [0.3, 0.4) is 0 Å². The number of fused-ring (bicyclic) bond motifs is 1. The van der Waals surface area contributed by atoms with Crippen LogP contribution in [0.1, 0.15) is 34.6 Å². The molecular weight excluding hydrogens is 365 g/mol. The number of ether oxygens (including phenoxy) is 4. The van der Waals surface area contributed by atoms with Gasteiger partial charge in [-0.3, -0.25) is 4.79 Å². The van der Waals surface area contributed by atoms with Crippen molar-refractivity contribution < 1.29 is 47.2 Å². The predicted molar refractivity (Wildman–Crippen MR) is 74.5 cm³/mol. The van der Waals surface area contributed by atoms with E-state index in [0.717, 1.165) is 0 Å². The Hall–Kier alpha value is -0.480. The third-order valence-corrected chi connectivity index (χ3v) is 4.94. The minimum atomic E-state index is -6.32. The molecule has 2 heterocycles. The molecule has 0 spiro atoms. The van der Waals surface area contributed by atoms with Gasteiger partial charge in [-0.2, -0.15) is 8.78 Å². The molecule has 0 aromatic carbocycles. The maximum Gasteiger partial charge on any atom is 0.345 e. The zero-order chi connectivity index (χ0) is 19.4. The van der Waals surface area contributed by atoms with Crippen LogP contribution in [0.25, 0.3) is 0 Å². The summed E-state index contributed by atoms with van der Waals surface area (Å²) in [6, 6.07) is 0. The lowest BCUT2D eigenvalue weighted by Gasteiger charge is -2.50. The second kappa shape index (κ2) is 6.30. The molecule has 0 bridgehead atoms. The van der Waals surface area contributed by atoms with E-state index in [-0.39, 0.29) is 0 Å². The maximum absolute atomic E-state index is 14.3. The molecule has 2 aliphatic heterocycles. The van der Waals surface area contributed by atoms with Crippen LogP contribution in [0.4, 0.5) is 8.78 Å². The van der Waals surface area contributed by atoms with E-state index >= 15 is 0 Å². The lowest BCUT2D eigenvalue weighted by Crippen LogP contribution is -2.54. The Morgan fingerprint density at radius 1 is 1.20 bits per heavy atom. The first kappa shape index (κ1) is 20.8. The molecule has 2 saturated heterocycles. The lowest BCUT2D eigenvalue weighted by atomic mass is 9.97. The summed E-state index contributed by atoms with van der Waals surface area (Å²) < 4.78 is 49.4. The average Bonchev–Trinajstić information content (AvgIpc) is 2.84. The number of hydrogen-bond donors (Lipinski definition) is 0. The normalized spacial score (nSPS) is 32.6. The summed E-state index contributed by atoms with van der Waals surface area (Å²) in [6.45, 7) is 6.90. The fourth-order valence-electron chi connectivity index (χ4n) is 2.70. The van der Waals surface area contributed by atoms with Crippen LogP contribution in [-0.2, 0) is 23.7 Å². The Balaban J connectivity index is 2.23. The first-order valence-electron chi connectivity index (χ1n) is 7.64. The maximum atomic E-state index is 14.3. The van der Waals surface area contributed by atoms with Gasteiger partial charge in [0.2, 0.25) is 0 Å². The molecule has 8 nitrogen and oxygen atoms in total. The molecule has 0 saturated carbocycles. The van der Waals surface area contributed by atoms with Crippen molar-refractivity contribution in [3.05, 3.63) is 0 Å². The number of esters is 1. The summed E-state index contributed by atoms with van der Waals surface area (Å²) >= 11 is 0. The Bertz CT molecular complexity index is 528. The summed E-state index contributed by atoms with van der Waals surface area (Å²) in [5.41, 5.74) is -5.55. The monoisotopic (exact) mass is 386 g/mol. The molecule has 0 unspecified atom stereocenters. The highest BCUT2D eigenvalue weighted by molar-refractivity contribution is 7.55. The van der Waals surface area contributed by atoms with Crippen LogP contribution in [-0.4, -0.2) is 42.5 Å². The molecule has 2 rings (SSSR count). The minimum Gasteiger partial charge on any atom is -0.683 e. The number of alkyl halides is 2. The van der Waals surface area contributed by atoms with E-state index in [9.17, 15) is 28.3 Å². The third kappa shape index (κ3) is 4.10. The fraction of sp³-hybridized carbons (Fsp3) is 0.929. The Kier molecular flexibility index (Phi) is 5.25. The van der Waals surface area contributed by atoms with Crippen LogP contribution in [0.5, 0.6) is 0 Å².